The molecule has 2 aliphatic carbocycles. The maximum Gasteiger partial charge on any atom is 0.341 e. The van der Waals surface area contributed by atoms with E-state index in [0.29, 0.717) is 24.5 Å². The molecule has 2 aliphatic rings. The van der Waals surface area contributed by atoms with Gasteiger partial charge < -0.3 is 9.84 Å². The molecule has 0 radical (unpaired) electrons. The SMILES string of the molecule is CCOC(=O)c1c(C2CCC2)nc2c(c1I)C(O)CC(C)(C)C2. The number of hydrogen-bond donors (Lipinski definition) is 1. The maximum absolute atomic E-state index is 12.5. The number of rotatable bonds is 3. The molecular formula is C18H24INO3. The van der Waals surface area contributed by atoms with Crippen LogP contribution in [0.2, 0.25) is 0 Å². The largest absolute Gasteiger partial charge is 0.462 e. The first-order chi connectivity index (χ1) is 10.8. The van der Waals surface area contributed by atoms with E-state index in [4.69, 9.17) is 9.72 Å². The van der Waals surface area contributed by atoms with Gasteiger partial charge in [-0.25, -0.2) is 4.79 Å². The molecule has 0 amide bonds. The predicted octanol–water partition coefficient (Wildman–Crippen LogP) is 4.14. The Morgan fingerprint density at radius 2 is 2.13 bits per heavy atom. The van der Waals surface area contributed by atoms with Crippen LogP contribution in [0.5, 0.6) is 0 Å². The summed E-state index contributed by atoms with van der Waals surface area (Å²) in [5, 5.41) is 10.6. The van der Waals surface area contributed by atoms with Crippen molar-refractivity contribution in [3.05, 3.63) is 26.1 Å². The van der Waals surface area contributed by atoms with Crippen LogP contribution in [0.25, 0.3) is 0 Å². The Balaban J connectivity index is 2.15. The Labute approximate surface area is 151 Å². The lowest BCUT2D eigenvalue weighted by atomic mass is 9.73. The summed E-state index contributed by atoms with van der Waals surface area (Å²) in [6.45, 7) is 6.49. The van der Waals surface area contributed by atoms with E-state index in [9.17, 15) is 9.90 Å². The number of ether oxygens (including phenoxy) is 1. The van der Waals surface area contributed by atoms with Gasteiger partial charge in [0, 0.05) is 20.7 Å². The average molecular weight is 429 g/mol. The molecule has 3 rings (SSSR count). The number of aliphatic hydroxyl groups excluding tert-OH is 1. The molecule has 1 heterocycles. The van der Waals surface area contributed by atoms with Gasteiger partial charge in [-0.15, -0.1) is 0 Å². The van der Waals surface area contributed by atoms with Crippen LogP contribution in [0.1, 0.15) is 85.8 Å². The fraction of sp³-hybridized carbons (Fsp3) is 0.667. The average Bonchev–Trinajstić information content (AvgIpc) is 2.34. The van der Waals surface area contributed by atoms with Gasteiger partial charge in [0.2, 0.25) is 0 Å². The molecule has 1 aromatic rings. The molecule has 1 atom stereocenters. The zero-order valence-corrected chi connectivity index (χ0v) is 16.1. The van der Waals surface area contributed by atoms with E-state index >= 15 is 0 Å². The van der Waals surface area contributed by atoms with Crippen LogP contribution >= 0.6 is 22.6 Å². The van der Waals surface area contributed by atoms with Gasteiger partial charge in [-0.05, 0) is 60.6 Å². The summed E-state index contributed by atoms with van der Waals surface area (Å²) < 4.78 is 6.11. The number of halogens is 1. The van der Waals surface area contributed by atoms with Gasteiger partial charge in [0.05, 0.1) is 24.0 Å². The Bertz CT molecular complexity index is 638. The van der Waals surface area contributed by atoms with Gasteiger partial charge in [0.25, 0.3) is 0 Å². The summed E-state index contributed by atoms with van der Waals surface area (Å²) in [4.78, 5) is 17.4. The van der Waals surface area contributed by atoms with Crippen LogP contribution in [-0.4, -0.2) is 22.7 Å². The molecular weight excluding hydrogens is 405 g/mol. The third kappa shape index (κ3) is 3.14. The minimum Gasteiger partial charge on any atom is -0.462 e. The summed E-state index contributed by atoms with van der Waals surface area (Å²) in [6, 6.07) is 0. The van der Waals surface area contributed by atoms with Crippen molar-refractivity contribution in [1.29, 1.82) is 0 Å². The second kappa shape index (κ2) is 6.31. The number of fused-ring (bicyclic) bond motifs is 1. The van der Waals surface area contributed by atoms with E-state index in [2.05, 4.69) is 36.4 Å². The fourth-order valence-electron chi connectivity index (χ4n) is 3.63. The van der Waals surface area contributed by atoms with E-state index < -0.39 is 6.10 Å². The monoisotopic (exact) mass is 429 g/mol. The Morgan fingerprint density at radius 3 is 2.70 bits per heavy atom. The van der Waals surface area contributed by atoms with Crippen molar-refractivity contribution in [3.8, 4) is 0 Å². The van der Waals surface area contributed by atoms with Gasteiger partial charge >= 0.3 is 5.97 Å². The number of carbonyl (C=O) groups excluding carboxylic acids is 1. The quantitative estimate of drug-likeness (QED) is 0.580. The molecule has 4 nitrogen and oxygen atoms in total. The molecule has 1 unspecified atom stereocenters. The lowest BCUT2D eigenvalue weighted by molar-refractivity contribution is 0.0519. The minimum atomic E-state index is -0.559. The van der Waals surface area contributed by atoms with Gasteiger partial charge in [-0.1, -0.05) is 20.3 Å². The van der Waals surface area contributed by atoms with E-state index in [1.54, 1.807) is 0 Å². The fourth-order valence-corrected chi connectivity index (χ4v) is 4.80. The normalized spacial score (nSPS) is 23.1. The minimum absolute atomic E-state index is 0.0326. The van der Waals surface area contributed by atoms with Gasteiger partial charge in [0.15, 0.2) is 0 Å². The lowest BCUT2D eigenvalue weighted by Gasteiger charge is -2.36. The Hall–Kier alpha value is -0.690. The highest BCUT2D eigenvalue weighted by Gasteiger charge is 2.38. The summed E-state index contributed by atoms with van der Waals surface area (Å²) in [5.41, 5.74) is 3.33. The number of nitrogens with zero attached hydrogens (tertiary/aromatic N) is 1. The zero-order valence-electron chi connectivity index (χ0n) is 14.0. The summed E-state index contributed by atoms with van der Waals surface area (Å²) in [6.07, 6.45) is 4.34. The summed E-state index contributed by atoms with van der Waals surface area (Å²) in [7, 11) is 0. The molecule has 0 aliphatic heterocycles. The standard InChI is InChI=1S/C18H24INO3/c1-4-23-17(22)14-15(19)13-11(8-18(2,3)9-12(13)21)20-16(14)10-6-5-7-10/h10,12,21H,4-9H2,1-3H3. The first-order valence-corrected chi connectivity index (χ1v) is 9.49. The van der Waals surface area contributed by atoms with Crippen molar-refractivity contribution in [2.75, 3.05) is 6.61 Å². The number of aliphatic hydroxyl groups is 1. The van der Waals surface area contributed by atoms with Crippen LogP contribution in [0, 0.1) is 8.99 Å². The van der Waals surface area contributed by atoms with Crippen molar-refractivity contribution in [3.63, 3.8) is 0 Å². The lowest BCUT2D eigenvalue weighted by Crippen LogP contribution is -2.30. The van der Waals surface area contributed by atoms with Crippen molar-refractivity contribution in [2.24, 2.45) is 5.41 Å². The molecule has 23 heavy (non-hydrogen) atoms. The van der Waals surface area contributed by atoms with E-state index in [1.807, 2.05) is 6.92 Å². The van der Waals surface area contributed by atoms with Crippen molar-refractivity contribution < 1.29 is 14.6 Å². The predicted molar refractivity (Wildman–Crippen MR) is 96.6 cm³/mol. The molecule has 1 saturated carbocycles. The van der Waals surface area contributed by atoms with E-state index in [0.717, 1.165) is 39.8 Å². The molecule has 5 heteroatoms. The molecule has 1 fully saturated rings. The molecule has 1 N–H and O–H groups in total. The van der Waals surface area contributed by atoms with Crippen molar-refractivity contribution in [1.82, 2.24) is 4.98 Å². The maximum atomic E-state index is 12.5. The first-order valence-electron chi connectivity index (χ1n) is 8.41. The van der Waals surface area contributed by atoms with E-state index in [1.165, 1.54) is 6.42 Å². The highest BCUT2D eigenvalue weighted by atomic mass is 127. The van der Waals surface area contributed by atoms with Crippen LogP contribution in [0.3, 0.4) is 0 Å². The van der Waals surface area contributed by atoms with Crippen LogP contribution < -0.4 is 0 Å². The molecule has 0 saturated heterocycles. The number of aromatic nitrogens is 1. The molecule has 0 spiro atoms. The van der Waals surface area contributed by atoms with Gasteiger partial charge in [-0.2, -0.15) is 0 Å². The van der Waals surface area contributed by atoms with E-state index in [-0.39, 0.29) is 11.4 Å². The van der Waals surface area contributed by atoms with Gasteiger partial charge in [0.1, 0.15) is 0 Å². The van der Waals surface area contributed by atoms with Crippen molar-refractivity contribution in [2.45, 2.75) is 64.9 Å². The highest BCUT2D eigenvalue weighted by Crippen LogP contribution is 2.45. The number of pyridine rings is 1. The number of esters is 1. The summed E-state index contributed by atoms with van der Waals surface area (Å²) in [5.74, 6) is 0.0570. The van der Waals surface area contributed by atoms with Crippen LogP contribution in [0.15, 0.2) is 0 Å². The summed E-state index contributed by atoms with van der Waals surface area (Å²) >= 11 is 2.20. The molecule has 0 bridgehead atoms. The van der Waals surface area contributed by atoms with Crippen LogP contribution in [-0.2, 0) is 11.2 Å². The second-order valence-electron chi connectivity index (χ2n) is 7.46. The third-order valence-corrected chi connectivity index (χ3v) is 6.10. The number of carbonyl (C=O) groups is 1. The number of hydrogen-bond acceptors (Lipinski definition) is 4. The second-order valence-corrected chi connectivity index (χ2v) is 8.53. The zero-order chi connectivity index (χ0) is 16.8. The van der Waals surface area contributed by atoms with Crippen LogP contribution in [0.4, 0.5) is 0 Å². The Morgan fingerprint density at radius 1 is 1.43 bits per heavy atom. The highest BCUT2D eigenvalue weighted by molar-refractivity contribution is 14.1. The topological polar surface area (TPSA) is 59.4 Å². The first kappa shape index (κ1) is 17.1. The smallest absolute Gasteiger partial charge is 0.341 e. The molecule has 1 aromatic heterocycles. The molecule has 126 valence electrons. The van der Waals surface area contributed by atoms with Gasteiger partial charge in [-0.3, -0.25) is 4.98 Å². The molecule has 0 aromatic carbocycles. The van der Waals surface area contributed by atoms with Crippen molar-refractivity contribution >= 4 is 28.6 Å². The third-order valence-electron chi connectivity index (χ3n) is 4.97. The Kier molecular flexibility index (Phi) is 4.71.